The Kier molecular flexibility index (Phi) is 5.39. The second-order valence-corrected chi connectivity index (χ2v) is 7.61. The molecule has 0 saturated carbocycles. The van der Waals surface area contributed by atoms with Crippen LogP contribution in [0.5, 0.6) is 0 Å². The van der Waals surface area contributed by atoms with E-state index in [0.717, 1.165) is 31.0 Å². The highest BCUT2D eigenvalue weighted by atomic mass is 16.2. The van der Waals surface area contributed by atoms with E-state index in [1.54, 1.807) is 12.1 Å². The average molecular weight is 344 g/mol. The molecule has 2 aliphatic heterocycles. The van der Waals surface area contributed by atoms with Crippen LogP contribution >= 0.6 is 0 Å². The molecule has 25 heavy (non-hydrogen) atoms. The molecule has 1 aromatic carbocycles. The first-order chi connectivity index (χ1) is 11.9. The maximum absolute atomic E-state index is 12.4. The summed E-state index contributed by atoms with van der Waals surface area (Å²) in [6.07, 6.45) is 3.69. The third kappa shape index (κ3) is 4.80. The SMILES string of the molecule is CC(=O)Nc1ccc(NC(=O)CN2CCC[C@@]3(CCN(C)C3)C2)cc1. The molecule has 0 radical (unpaired) electrons. The van der Waals surface area contributed by atoms with Crippen LogP contribution in [0.3, 0.4) is 0 Å². The Bertz CT molecular complexity index is 627. The van der Waals surface area contributed by atoms with Crippen molar-refractivity contribution in [2.75, 3.05) is 50.4 Å². The van der Waals surface area contributed by atoms with Crippen molar-refractivity contribution in [2.24, 2.45) is 5.41 Å². The summed E-state index contributed by atoms with van der Waals surface area (Å²) in [6, 6.07) is 7.21. The molecule has 2 amide bonds. The number of likely N-dealkylation sites (tertiary alicyclic amines) is 2. The predicted octanol–water partition coefficient (Wildman–Crippen LogP) is 2.00. The van der Waals surface area contributed by atoms with E-state index in [2.05, 4.69) is 27.5 Å². The summed E-state index contributed by atoms with van der Waals surface area (Å²) in [7, 11) is 2.19. The first-order valence-electron chi connectivity index (χ1n) is 9.03. The van der Waals surface area contributed by atoms with Crippen LogP contribution in [0.2, 0.25) is 0 Å². The van der Waals surface area contributed by atoms with E-state index in [0.29, 0.717) is 12.0 Å². The zero-order valence-electron chi connectivity index (χ0n) is 15.2. The Balaban J connectivity index is 1.51. The molecule has 2 fully saturated rings. The van der Waals surface area contributed by atoms with Gasteiger partial charge in [-0.1, -0.05) is 0 Å². The number of amides is 2. The molecule has 2 saturated heterocycles. The van der Waals surface area contributed by atoms with Crippen LogP contribution in [0, 0.1) is 5.41 Å². The van der Waals surface area contributed by atoms with Gasteiger partial charge in [0.2, 0.25) is 11.8 Å². The number of benzene rings is 1. The number of carbonyl (C=O) groups excluding carboxylic acids is 2. The minimum absolute atomic E-state index is 0.0238. The lowest BCUT2D eigenvalue weighted by Crippen LogP contribution is -2.47. The van der Waals surface area contributed by atoms with Crippen molar-refractivity contribution < 1.29 is 9.59 Å². The van der Waals surface area contributed by atoms with Crippen LogP contribution in [-0.2, 0) is 9.59 Å². The molecule has 2 aliphatic rings. The van der Waals surface area contributed by atoms with Gasteiger partial charge >= 0.3 is 0 Å². The molecule has 3 rings (SSSR count). The lowest BCUT2D eigenvalue weighted by atomic mass is 9.79. The van der Waals surface area contributed by atoms with Crippen molar-refractivity contribution in [3.8, 4) is 0 Å². The smallest absolute Gasteiger partial charge is 0.238 e. The highest BCUT2D eigenvalue weighted by Gasteiger charge is 2.40. The number of piperidine rings is 1. The lowest BCUT2D eigenvalue weighted by Gasteiger charge is -2.40. The number of nitrogens with one attached hydrogen (secondary N) is 2. The third-order valence-electron chi connectivity index (χ3n) is 5.23. The van der Waals surface area contributed by atoms with Crippen molar-refractivity contribution >= 4 is 23.2 Å². The number of nitrogens with zero attached hydrogens (tertiary/aromatic N) is 2. The normalized spacial score (nSPS) is 24.4. The van der Waals surface area contributed by atoms with Gasteiger partial charge in [0.1, 0.15) is 0 Å². The third-order valence-corrected chi connectivity index (χ3v) is 5.23. The van der Waals surface area contributed by atoms with Crippen LogP contribution in [-0.4, -0.2) is 61.4 Å². The van der Waals surface area contributed by atoms with Gasteiger partial charge in [0.15, 0.2) is 0 Å². The molecule has 0 bridgehead atoms. The van der Waals surface area contributed by atoms with Gasteiger partial charge in [-0.05, 0) is 69.1 Å². The van der Waals surface area contributed by atoms with Gasteiger partial charge in [-0.3, -0.25) is 14.5 Å². The Morgan fingerprint density at radius 3 is 2.32 bits per heavy atom. The summed E-state index contributed by atoms with van der Waals surface area (Å²) >= 11 is 0. The molecule has 2 heterocycles. The van der Waals surface area contributed by atoms with Gasteiger partial charge in [-0.15, -0.1) is 0 Å². The van der Waals surface area contributed by atoms with Crippen molar-refractivity contribution in [3.05, 3.63) is 24.3 Å². The Labute approximate surface area is 149 Å². The largest absolute Gasteiger partial charge is 0.326 e. The number of hydrogen-bond donors (Lipinski definition) is 2. The number of rotatable bonds is 4. The summed E-state index contributed by atoms with van der Waals surface area (Å²) < 4.78 is 0. The first kappa shape index (κ1) is 17.9. The standard InChI is InChI=1S/C19H28N4O2/c1-15(24)20-16-4-6-17(7-5-16)21-18(25)12-23-10-3-8-19(14-23)9-11-22(2)13-19/h4-7H,3,8-14H2,1-2H3,(H,20,24)(H,21,25)/t19-/m0/s1. The summed E-state index contributed by atoms with van der Waals surface area (Å²) in [5, 5.41) is 5.67. The van der Waals surface area contributed by atoms with E-state index in [9.17, 15) is 9.59 Å². The monoisotopic (exact) mass is 344 g/mol. The highest BCUT2D eigenvalue weighted by molar-refractivity contribution is 5.93. The van der Waals surface area contributed by atoms with Gasteiger partial charge in [-0.2, -0.15) is 0 Å². The molecule has 0 aliphatic carbocycles. The van der Waals surface area contributed by atoms with E-state index >= 15 is 0 Å². The highest BCUT2D eigenvalue weighted by Crippen LogP contribution is 2.38. The summed E-state index contributed by atoms with van der Waals surface area (Å²) in [5.41, 5.74) is 1.87. The van der Waals surface area contributed by atoms with Crippen LogP contribution in [0.25, 0.3) is 0 Å². The maximum Gasteiger partial charge on any atom is 0.238 e. The fraction of sp³-hybridized carbons (Fsp3) is 0.579. The predicted molar refractivity (Wildman–Crippen MR) is 99.6 cm³/mol. The van der Waals surface area contributed by atoms with E-state index < -0.39 is 0 Å². The quantitative estimate of drug-likeness (QED) is 0.877. The first-order valence-corrected chi connectivity index (χ1v) is 9.03. The topological polar surface area (TPSA) is 64.7 Å². The van der Waals surface area contributed by atoms with Crippen LogP contribution in [0.4, 0.5) is 11.4 Å². The summed E-state index contributed by atoms with van der Waals surface area (Å²) in [5.74, 6) is -0.0796. The molecule has 1 atom stereocenters. The van der Waals surface area contributed by atoms with Gasteiger partial charge in [0.25, 0.3) is 0 Å². The van der Waals surface area contributed by atoms with Crippen LogP contribution < -0.4 is 10.6 Å². The number of anilines is 2. The van der Waals surface area contributed by atoms with Crippen molar-refractivity contribution in [2.45, 2.75) is 26.2 Å². The molecule has 0 unspecified atom stereocenters. The van der Waals surface area contributed by atoms with Crippen molar-refractivity contribution in [1.29, 1.82) is 0 Å². The van der Waals surface area contributed by atoms with Crippen molar-refractivity contribution in [1.82, 2.24) is 9.80 Å². The van der Waals surface area contributed by atoms with Crippen LogP contribution in [0.15, 0.2) is 24.3 Å². The average Bonchev–Trinajstić information content (AvgIpc) is 2.89. The minimum atomic E-state index is -0.103. The number of hydrogen-bond acceptors (Lipinski definition) is 4. The summed E-state index contributed by atoms with van der Waals surface area (Å²) in [6.45, 7) is 6.26. The number of carbonyl (C=O) groups is 2. The van der Waals surface area contributed by atoms with E-state index in [-0.39, 0.29) is 11.8 Å². The Morgan fingerprint density at radius 2 is 1.72 bits per heavy atom. The Hall–Kier alpha value is -1.92. The van der Waals surface area contributed by atoms with E-state index in [4.69, 9.17) is 0 Å². The molecule has 2 N–H and O–H groups in total. The molecule has 6 nitrogen and oxygen atoms in total. The van der Waals surface area contributed by atoms with Crippen LogP contribution in [0.1, 0.15) is 26.2 Å². The zero-order chi connectivity index (χ0) is 17.9. The second-order valence-electron chi connectivity index (χ2n) is 7.61. The Morgan fingerprint density at radius 1 is 1.04 bits per heavy atom. The molecule has 1 spiro atoms. The summed E-state index contributed by atoms with van der Waals surface area (Å²) in [4.78, 5) is 28.1. The lowest BCUT2D eigenvalue weighted by molar-refractivity contribution is -0.118. The van der Waals surface area contributed by atoms with E-state index in [1.807, 2.05) is 12.1 Å². The maximum atomic E-state index is 12.4. The van der Waals surface area contributed by atoms with Gasteiger partial charge in [0, 0.05) is 31.4 Å². The molecular weight excluding hydrogens is 316 g/mol. The second kappa shape index (κ2) is 7.54. The van der Waals surface area contributed by atoms with Gasteiger partial charge < -0.3 is 15.5 Å². The molecule has 0 aromatic heterocycles. The zero-order valence-corrected chi connectivity index (χ0v) is 15.2. The molecular formula is C19H28N4O2. The molecule has 136 valence electrons. The fourth-order valence-electron chi connectivity index (χ4n) is 4.18. The van der Waals surface area contributed by atoms with E-state index in [1.165, 1.54) is 32.7 Å². The molecule has 6 heteroatoms. The molecule has 1 aromatic rings. The van der Waals surface area contributed by atoms with Gasteiger partial charge in [0.05, 0.1) is 6.54 Å². The van der Waals surface area contributed by atoms with Gasteiger partial charge in [-0.25, -0.2) is 0 Å². The minimum Gasteiger partial charge on any atom is -0.326 e. The van der Waals surface area contributed by atoms with Crippen molar-refractivity contribution in [3.63, 3.8) is 0 Å². The fourth-order valence-corrected chi connectivity index (χ4v) is 4.18.